The van der Waals surface area contributed by atoms with Crippen LogP contribution in [0, 0.1) is 11.6 Å². The van der Waals surface area contributed by atoms with Gasteiger partial charge in [0.2, 0.25) is 0 Å². The monoisotopic (exact) mass is 440 g/mol. The Kier molecular flexibility index (Phi) is 5.82. The Morgan fingerprint density at radius 3 is 2.42 bits per heavy atom. The van der Waals surface area contributed by atoms with E-state index in [9.17, 15) is 8.78 Å². The molecule has 164 valence electrons. The van der Waals surface area contributed by atoms with E-state index in [1.807, 2.05) is 30.0 Å². The first-order valence-corrected chi connectivity index (χ1v) is 12.3. The molecule has 31 heavy (non-hydrogen) atoms. The van der Waals surface area contributed by atoms with Gasteiger partial charge in [-0.1, -0.05) is 6.92 Å². The molecule has 1 N–H and O–H groups in total. The second-order valence-corrected chi connectivity index (χ2v) is 10.7. The van der Waals surface area contributed by atoms with Crippen molar-refractivity contribution >= 4 is 22.7 Å². The molecule has 2 aliphatic rings. The van der Waals surface area contributed by atoms with Crippen LogP contribution in [0.4, 0.5) is 8.78 Å². The number of thioether (sulfide) groups is 1. The van der Waals surface area contributed by atoms with Gasteiger partial charge in [0.05, 0.1) is 0 Å². The van der Waals surface area contributed by atoms with E-state index in [4.69, 9.17) is 0 Å². The van der Waals surface area contributed by atoms with Crippen molar-refractivity contribution in [3.05, 3.63) is 65.4 Å². The third-order valence-electron chi connectivity index (χ3n) is 7.07. The zero-order chi connectivity index (χ0) is 21.4. The molecule has 0 spiro atoms. The van der Waals surface area contributed by atoms with Crippen molar-refractivity contribution in [2.75, 3.05) is 19.6 Å². The normalized spacial score (nSPS) is 19.2. The number of aryl methyl sites for hydroxylation is 1. The van der Waals surface area contributed by atoms with Crippen LogP contribution in [0.25, 0.3) is 10.9 Å². The maximum atomic E-state index is 13.7. The quantitative estimate of drug-likeness (QED) is 0.431. The number of piperidine rings is 1. The van der Waals surface area contributed by atoms with Crippen molar-refractivity contribution in [2.24, 2.45) is 0 Å². The van der Waals surface area contributed by atoms with E-state index in [-0.39, 0.29) is 11.6 Å². The van der Waals surface area contributed by atoms with Gasteiger partial charge in [-0.15, -0.1) is 11.8 Å². The molecule has 3 aromatic rings. The second-order valence-electron chi connectivity index (χ2n) is 9.17. The molecule has 2 nitrogen and oxygen atoms in total. The molecule has 1 aliphatic heterocycles. The van der Waals surface area contributed by atoms with Gasteiger partial charge in [-0.3, -0.25) is 0 Å². The van der Waals surface area contributed by atoms with Crippen LogP contribution in [0.2, 0.25) is 0 Å². The highest BCUT2D eigenvalue weighted by atomic mass is 32.2. The summed E-state index contributed by atoms with van der Waals surface area (Å²) in [5.41, 5.74) is 3.62. The first-order valence-electron chi connectivity index (χ1n) is 11.5. The Morgan fingerprint density at radius 2 is 1.74 bits per heavy atom. The summed E-state index contributed by atoms with van der Waals surface area (Å²) >= 11 is 1.93. The first-order chi connectivity index (χ1) is 15.0. The highest BCUT2D eigenvalue weighted by molar-refractivity contribution is 8.01. The number of nitrogens with one attached hydrogen (secondary N) is 1. The molecule has 0 radical (unpaired) electrons. The summed E-state index contributed by atoms with van der Waals surface area (Å²) in [4.78, 5) is 7.26. The van der Waals surface area contributed by atoms with Crippen LogP contribution in [0.3, 0.4) is 0 Å². The Bertz CT molecular complexity index is 1050. The van der Waals surface area contributed by atoms with Crippen molar-refractivity contribution in [3.8, 4) is 0 Å². The fourth-order valence-electron chi connectivity index (χ4n) is 5.09. The first kappa shape index (κ1) is 21.0. The van der Waals surface area contributed by atoms with Gasteiger partial charge in [-0.05, 0) is 112 Å². The summed E-state index contributed by atoms with van der Waals surface area (Å²) in [7, 11) is 0. The van der Waals surface area contributed by atoms with Crippen LogP contribution in [0.1, 0.15) is 56.2 Å². The van der Waals surface area contributed by atoms with Gasteiger partial charge < -0.3 is 9.88 Å². The molecule has 0 amide bonds. The molecule has 2 heterocycles. The number of H-pyrrole nitrogens is 1. The second kappa shape index (κ2) is 8.59. The molecule has 5 heteroatoms. The molecule has 2 fully saturated rings. The molecule has 1 aromatic heterocycles. The van der Waals surface area contributed by atoms with Crippen molar-refractivity contribution in [2.45, 2.75) is 61.0 Å². The van der Waals surface area contributed by atoms with E-state index in [1.165, 1.54) is 40.8 Å². The van der Waals surface area contributed by atoms with E-state index >= 15 is 0 Å². The van der Waals surface area contributed by atoms with Gasteiger partial charge in [0.15, 0.2) is 0 Å². The molecule has 0 bridgehead atoms. The molecule has 0 unspecified atom stereocenters. The summed E-state index contributed by atoms with van der Waals surface area (Å²) in [6, 6.07) is 12.1. The average molecular weight is 441 g/mol. The van der Waals surface area contributed by atoms with Gasteiger partial charge in [-0.2, -0.15) is 0 Å². The van der Waals surface area contributed by atoms with E-state index in [0.29, 0.717) is 10.7 Å². The molecule has 1 aliphatic carbocycles. The number of benzene rings is 2. The number of fused-ring (bicyclic) bond motifs is 1. The van der Waals surface area contributed by atoms with E-state index < -0.39 is 0 Å². The minimum absolute atomic E-state index is 0.163. The summed E-state index contributed by atoms with van der Waals surface area (Å²) in [6.07, 6.45) is 7.00. The lowest BCUT2D eigenvalue weighted by Crippen LogP contribution is -2.35. The maximum absolute atomic E-state index is 13.7. The van der Waals surface area contributed by atoms with Gasteiger partial charge in [0, 0.05) is 26.2 Å². The van der Waals surface area contributed by atoms with Crippen LogP contribution in [0.15, 0.2) is 47.4 Å². The molecule has 1 saturated carbocycles. The van der Waals surface area contributed by atoms with E-state index in [0.717, 1.165) is 44.4 Å². The van der Waals surface area contributed by atoms with Crippen molar-refractivity contribution < 1.29 is 8.78 Å². The molecule has 1 saturated heterocycles. The zero-order valence-electron chi connectivity index (χ0n) is 18.1. The summed E-state index contributed by atoms with van der Waals surface area (Å²) in [6.45, 7) is 5.56. The van der Waals surface area contributed by atoms with Gasteiger partial charge in [-0.25, -0.2) is 8.78 Å². The maximum Gasteiger partial charge on any atom is 0.125 e. The van der Waals surface area contributed by atoms with Gasteiger partial charge >= 0.3 is 0 Å². The number of rotatable bonds is 7. The number of likely N-dealkylation sites (tertiary alicyclic amines) is 1. The van der Waals surface area contributed by atoms with Crippen molar-refractivity contribution in [3.63, 3.8) is 0 Å². The SMILES string of the molecule is CCc1[nH]c2cc(F)ccc2c1C1CCN(CCC2(Sc3ccc(F)cc3)CC2)CC1. The number of aromatic amines is 1. The minimum Gasteiger partial charge on any atom is -0.358 e. The fourth-order valence-corrected chi connectivity index (χ4v) is 6.37. The molecular weight excluding hydrogens is 410 g/mol. The lowest BCUT2D eigenvalue weighted by Gasteiger charge is -2.33. The zero-order valence-corrected chi connectivity index (χ0v) is 18.9. The van der Waals surface area contributed by atoms with E-state index in [1.54, 1.807) is 24.3 Å². The third kappa shape index (κ3) is 4.54. The topological polar surface area (TPSA) is 19.0 Å². The predicted octanol–water partition coefficient (Wildman–Crippen LogP) is 6.90. The van der Waals surface area contributed by atoms with Crippen LogP contribution in [-0.4, -0.2) is 34.3 Å². The third-order valence-corrected chi connectivity index (χ3v) is 8.62. The minimum atomic E-state index is -0.176. The molecule has 0 atom stereocenters. The van der Waals surface area contributed by atoms with Gasteiger partial charge in [0.25, 0.3) is 0 Å². The summed E-state index contributed by atoms with van der Waals surface area (Å²) in [5, 5.41) is 1.20. The number of hydrogen-bond acceptors (Lipinski definition) is 2. The van der Waals surface area contributed by atoms with Crippen LogP contribution in [0.5, 0.6) is 0 Å². The standard InChI is InChI=1S/C26H30F2N2S/c1-2-23-25(22-8-5-20(28)17-24(22)29-23)18-9-14-30(15-10-18)16-13-26(11-12-26)31-21-6-3-19(27)4-7-21/h3-8,17-18,29H,2,9-16H2,1H3. The van der Waals surface area contributed by atoms with Crippen LogP contribution < -0.4 is 0 Å². The molecule has 5 rings (SSSR count). The lowest BCUT2D eigenvalue weighted by molar-refractivity contribution is 0.209. The van der Waals surface area contributed by atoms with E-state index in [2.05, 4.69) is 16.8 Å². The Morgan fingerprint density at radius 1 is 1.03 bits per heavy atom. The smallest absolute Gasteiger partial charge is 0.125 e. The van der Waals surface area contributed by atoms with Crippen LogP contribution >= 0.6 is 11.8 Å². The fraction of sp³-hybridized carbons (Fsp3) is 0.462. The summed E-state index contributed by atoms with van der Waals surface area (Å²) < 4.78 is 27.2. The van der Waals surface area contributed by atoms with Gasteiger partial charge in [0.1, 0.15) is 11.6 Å². The predicted molar refractivity (Wildman–Crippen MR) is 125 cm³/mol. The number of aromatic nitrogens is 1. The van der Waals surface area contributed by atoms with Crippen molar-refractivity contribution in [1.29, 1.82) is 0 Å². The Hall–Kier alpha value is -1.85. The number of hydrogen-bond donors (Lipinski definition) is 1. The number of nitrogens with zero attached hydrogens (tertiary/aromatic N) is 1. The largest absolute Gasteiger partial charge is 0.358 e. The Labute approximate surface area is 187 Å². The van der Waals surface area contributed by atoms with Crippen molar-refractivity contribution in [1.82, 2.24) is 9.88 Å². The highest BCUT2D eigenvalue weighted by Crippen LogP contribution is 2.54. The Balaban J connectivity index is 1.19. The lowest BCUT2D eigenvalue weighted by atomic mass is 9.87. The number of halogens is 2. The molecule has 2 aromatic carbocycles. The molecular formula is C26H30F2N2S. The summed E-state index contributed by atoms with van der Waals surface area (Å²) in [5.74, 6) is 0.211. The average Bonchev–Trinajstić information content (AvgIpc) is 3.45. The highest BCUT2D eigenvalue weighted by Gasteiger charge is 2.43. The van der Waals surface area contributed by atoms with Crippen LogP contribution in [-0.2, 0) is 6.42 Å².